The fourth-order valence-electron chi connectivity index (χ4n) is 2.12. The molecule has 0 heterocycles. The van der Waals surface area contributed by atoms with Gasteiger partial charge in [0.15, 0.2) is 0 Å². The maximum atomic E-state index is 5.85. The smallest absolute Gasteiger partial charge is 0.0720 e. The van der Waals surface area contributed by atoms with Crippen LogP contribution < -0.4 is 5.84 Å². The quantitative estimate of drug-likeness (QED) is 0.479. The second-order valence-corrected chi connectivity index (χ2v) is 4.24. The highest BCUT2D eigenvalue weighted by molar-refractivity contribution is 5.79. The van der Waals surface area contributed by atoms with Crippen molar-refractivity contribution in [2.45, 2.75) is 38.4 Å². The molecule has 0 amide bonds. The van der Waals surface area contributed by atoms with Crippen LogP contribution in [0.25, 0.3) is 0 Å². The molecule has 0 atom stereocenters. The third kappa shape index (κ3) is 3.07. The van der Waals surface area contributed by atoms with Crippen LogP contribution in [0, 0.1) is 0 Å². The fourth-order valence-corrected chi connectivity index (χ4v) is 2.12. The standard InChI is InChI=1S/C13H18N2O/c14-15-9-11-4-3-5-12(8-11)10-16-13-6-1-2-7-13/h3-5,8-9,13H,1-2,6-7,10,14H2. The van der Waals surface area contributed by atoms with E-state index in [0.717, 1.165) is 5.56 Å². The molecule has 0 aliphatic heterocycles. The Bertz CT molecular complexity index is 357. The zero-order chi connectivity index (χ0) is 11.2. The normalized spacial score (nSPS) is 17.2. The van der Waals surface area contributed by atoms with E-state index in [1.807, 2.05) is 12.1 Å². The van der Waals surface area contributed by atoms with Gasteiger partial charge in [0.05, 0.1) is 18.9 Å². The molecule has 16 heavy (non-hydrogen) atoms. The molecule has 86 valence electrons. The van der Waals surface area contributed by atoms with E-state index in [-0.39, 0.29) is 0 Å². The fraction of sp³-hybridized carbons (Fsp3) is 0.462. The van der Waals surface area contributed by atoms with Crippen LogP contribution in [0.3, 0.4) is 0 Å². The molecule has 2 rings (SSSR count). The Balaban J connectivity index is 1.90. The van der Waals surface area contributed by atoms with Crippen molar-refractivity contribution in [3.63, 3.8) is 0 Å². The largest absolute Gasteiger partial charge is 0.374 e. The molecule has 2 N–H and O–H groups in total. The first kappa shape index (κ1) is 11.1. The summed E-state index contributed by atoms with van der Waals surface area (Å²) in [5.74, 6) is 5.12. The lowest BCUT2D eigenvalue weighted by molar-refractivity contribution is 0.0457. The summed E-state index contributed by atoms with van der Waals surface area (Å²) in [6, 6.07) is 8.12. The van der Waals surface area contributed by atoms with Crippen LogP contribution in [0.2, 0.25) is 0 Å². The average Bonchev–Trinajstić information content (AvgIpc) is 2.80. The molecule has 1 aliphatic rings. The predicted octanol–water partition coefficient (Wildman–Crippen LogP) is 2.44. The van der Waals surface area contributed by atoms with E-state index < -0.39 is 0 Å². The topological polar surface area (TPSA) is 47.6 Å². The van der Waals surface area contributed by atoms with Gasteiger partial charge in [0, 0.05) is 0 Å². The van der Waals surface area contributed by atoms with Gasteiger partial charge in [-0.15, -0.1) is 0 Å². The Morgan fingerprint density at radius 1 is 1.38 bits per heavy atom. The van der Waals surface area contributed by atoms with E-state index >= 15 is 0 Å². The molecule has 0 radical (unpaired) electrons. The highest BCUT2D eigenvalue weighted by Gasteiger charge is 2.14. The Kier molecular flexibility index (Phi) is 3.94. The summed E-state index contributed by atoms with van der Waals surface area (Å²) in [5, 5.41) is 3.52. The van der Waals surface area contributed by atoms with E-state index in [0.29, 0.717) is 12.7 Å². The minimum atomic E-state index is 0.465. The molecule has 3 nitrogen and oxygen atoms in total. The molecule has 1 aromatic rings. The van der Waals surface area contributed by atoms with Crippen molar-refractivity contribution >= 4 is 6.21 Å². The number of hydrogen-bond donors (Lipinski definition) is 1. The zero-order valence-electron chi connectivity index (χ0n) is 9.43. The van der Waals surface area contributed by atoms with Crippen LogP contribution in [-0.4, -0.2) is 12.3 Å². The van der Waals surface area contributed by atoms with E-state index in [4.69, 9.17) is 10.6 Å². The molecular weight excluding hydrogens is 200 g/mol. The van der Waals surface area contributed by atoms with Gasteiger partial charge in [-0.3, -0.25) is 0 Å². The molecule has 1 saturated carbocycles. The van der Waals surface area contributed by atoms with Crippen molar-refractivity contribution in [3.05, 3.63) is 35.4 Å². The molecule has 0 bridgehead atoms. The maximum absolute atomic E-state index is 5.85. The monoisotopic (exact) mass is 218 g/mol. The molecule has 1 aliphatic carbocycles. The number of hydrogen-bond acceptors (Lipinski definition) is 3. The highest BCUT2D eigenvalue weighted by Crippen LogP contribution is 2.22. The van der Waals surface area contributed by atoms with Crippen molar-refractivity contribution in [1.82, 2.24) is 0 Å². The molecule has 0 aromatic heterocycles. The lowest BCUT2D eigenvalue weighted by Gasteiger charge is -2.11. The summed E-state index contributed by atoms with van der Waals surface area (Å²) in [4.78, 5) is 0. The Morgan fingerprint density at radius 2 is 2.19 bits per heavy atom. The number of nitrogens with zero attached hydrogens (tertiary/aromatic N) is 1. The summed E-state index contributed by atoms with van der Waals surface area (Å²) in [6.45, 7) is 0.691. The van der Waals surface area contributed by atoms with E-state index in [2.05, 4.69) is 17.2 Å². The second kappa shape index (κ2) is 5.66. The third-order valence-electron chi connectivity index (χ3n) is 2.96. The highest BCUT2D eigenvalue weighted by atomic mass is 16.5. The number of benzene rings is 1. The molecule has 3 heteroatoms. The maximum Gasteiger partial charge on any atom is 0.0720 e. The van der Waals surface area contributed by atoms with Crippen molar-refractivity contribution in [2.75, 3.05) is 0 Å². The molecule has 1 fully saturated rings. The van der Waals surface area contributed by atoms with Crippen LogP contribution in [-0.2, 0) is 11.3 Å². The minimum Gasteiger partial charge on any atom is -0.374 e. The van der Waals surface area contributed by atoms with Gasteiger partial charge in [0.25, 0.3) is 0 Å². The third-order valence-corrected chi connectivity index (χ3v) is 2.96. The summed E-state index contributed by atoms with van der Waals surface area (Å²) >= 11 is 0. The molecular formula is C13H18N2O. The Morgan fingerprint density at radius 3 is 2.94 bits per heavy atom. The second-order valence-electron chi connectivity index (χ2n) is 4.24. The first-order valence-corrected chi connectivity index (χ1v) is 5.82. The van der Waals surface area contributed by atoms with E-state index in [9.17, 15) is 0 Å². The number of nitrogens with two attached hydrogens (primary N) is 1. The zero-order valence-corrected chi connectivity index (χ0v) is 9.43. The molecule has 1 aromatic carbocycles. The average molecular weight is 218 g/mol. The SMILES string of the molecule is NN=Cc1cccc(COC2CCCC2)c1. The summed E-state index contributed by atoms with van der Waals surface area (Å²) in [5.41, 5.74) is 2.21. The van der Waals surface area contributed by atoms with Gasteiger partial charge in [-0.25, -0.2) is 0 Å². The lowest BCUT2D eigenvalue weighted by atomic mass is 10.1. The van der Waals surface area contributed by atoms with Crippen molar-refractivity contribution in [3.8, 4) is 0 Å². The molecule has 0 spiro atoms. The van der Waals surface area contributed by atoms with Gasteiger partial charge >= 0.3 is 0 Å². The van der Waals surface area contributed by atoms with Crippen LogP contribution in [0.15, 0.2) is 29.4 Å². The van der Waals surface area contributed by atoms with Crippen molar-refractivity contribution in [2.24, 2.45) is 10.9 Å². The molecule has 0 saturated heterocycles. The Labute approximate surface area is 96.3 Å². The van der Waals surface area contributed by atoms with Crippen LogP contribution >= 0.6 is 0 Å². The van der Waals surface area contributed by atoms with Crippen LogP contribution in [0.5, 0.6) is 0 Å². The summed E-state index contributed by atoms with van der Waals surface area (Å²) in [7, 11) is 0. The van der Waals surface area contributed by atoms with Crippen LogP contribution in [0.1, 0.15) is 36.8 Å². The van der Waals surface area contributed by atoms with Gasteiger partial charge in [-0.1, -0.05) is 31.0 Å². The summed E-state index contributed by atoms with van der Waals surface area (Å²) in [6.07, 6.45) is 7.16. The lowest BCUT2D eigenvalue weighted by Crippen LogP contribution is -2.07. The van der Waals surface area contributed by atoms with Gasteiger partial charge in [-0.05, 0) is 30.0 Å². The minimum absolute atomic E-state index is 0.465. The summed E-state index contributed by atoms with van der Waals surface area (Å²) < 4.78 is 5.85. The number of hydrazone groups is 1. The first-order valence-electron chi connectivity index (χ1n) is 5.82. The van der Waals surface area contributed by atoms with Gasteiger partial charge in [0.1, 0.15) is 0 Å². The van der Waals surface area contributed by atoms with Crippen LogP contribution in [0.4, 0.5) is 0 Å². The van der Waals surface area contributed by atoms with Crippen molar-refractivity contribution in [1.29, 1.82) is 0 Å². The number of rotatable bonds is 4. The van der Waals surface area contributed by atoms with Gasteiger partial charge in [-0.2, -0.15) is 5.10 Å². The van der Waals surface area contributed by atoms with Gasteiger partial charge < -0.3 is 10.6 Å². The van der Waals surface area contributed by atoms with E-state index in [1.54, 1.807) is 6.21 Å². The molecule has 0 unspecified atom stereocenters. The van der Waals surface area contributed by atoms with E-state index in [1.165, 1.54) is 31.2 Å². The first-order chi connectivity index (χ1) is 7.88. The Hall–Kier alpha value is -1.35. The number of ether oxygens (including phenoxy) is 1. The predicted molar refractivity (Wildman–Crippen MR) is 65.3 cm³/mol. The van der Waals surface area contributed by atoms with Crippen molar-refractivity contribution < 1.29 is 4.74 Å². The van der Waals surface area contributed by atoms with Gasteiger partial charge in [0.2, 0.25) is 0 Å².